The number of benzene rings is 2. The van der Waals surface area contributed by atoms with Crippen LogP contribution in [0.25, 0.3) is 16.7 Å². The fraction of sp³-hybridized carbons (Fsp3) is 0.250. The highest BCUT2D eigenvalue weighted by atomic mass is 79.9. The highest BCUT2D eigenvalue weighted by Crippen LogP contribution is 2.42. The summed E-state index contributed by atoms with van der Waals surface area (Å²) in [6.45, 7) is 4.52. The maximum Gasteiger partial charge on any atom is 0.183 e. The Labute approximate surface area is 194 Å². The summed E-state index contributed by atoms with van der Waals surface area (Å²) < 4.78 is 3.88. The quantitative estimate of drug-likeness (QED) is 0.205. The van der Waals surface area contributed by atoms with Gasteiger partial charge in [0.25, 0.3) is 0 Å². The number of imidazole rings is 2. The molecule has 0 spiro atoms. The van der Waals surface area contributed by atoms with E-state index in [1.807, 2.05) is 24.3 Å². The second-order valence-corrected chi connectivity index (χ2v) is 9.49. The molecule has 0 saturated carbocycles. The Balaban J connectivity index is 1.69. The standard InChI is InChI=1S/C24H24BrN5S/c1-14-7-9-17(15(2)11-14)22-23(28-19-6-4-3-5-18(19)25)29-24(31)30(22)16-8-10-20-21(12-16)27-13-26-20/h3-6,8,10-13,15,17,28H,7,9H2,1-2H3,(H,26,27)(H,29,31). The lowest BCUT2D eigenvalue weighted by Gasteiger charge is -2.29. The fourth-order valence-corrected chi connectivity index (χ4v) is 5.28. The van der Waals surface area contributed by atoms with Gasteiger partial charge >= 0.3 is 0 Å². The zero-order valence-electron chi connectivity index (χ0n) is 17.4. The molecular formula is C24H24BrN5S. The molecule has 2 heterocycles. The van der Waals surface area contributed by atoms with Crippen molar-refractivity contribution in [2.45, 2.75) is 32.6 Å². The van der Waals surface area contributed by atoms with Crippen LogP contribution in [0.1, 0.15) is 38.3 Å². The summed E-state index contributed by atoms with van der Waals surface area (Å²) in [6.07, 6.45) is 6.31. The summed E-state index contributed by atoms with van der Waals surface area (Å²) in [5, 5.41) is 3.60. The summed E-state index contributed by atoms with van der Waals surface area (Å²) >= 11 is 9.50. The fourth-order valence-electron chi connectivity index (χ4n) is 4.59. The van der Waals surface area contributed by atoms with Crippen LogP contribution in [0, 0.1) is 10.7 Å². The Bertz CT molecular complexity index is 1350. The lowest BCUT2D eigenvalue weighted by atomic mass is 9.80. The van der Waals surface area contributed by atoms with Crippen molar-refractivity contribution >= 4 is 50.7 Å². The van der Waals surface area contributed by atoms with Gasteiger partial charge in [-0.25, -0.2) is 4.98 Å². The van der Waals surface area contributed by atoms with Crippen LogP contribution in [-0.4, -0.2) is 19.5 Å². The van der Waals surface area contributed by atoms with Gasteiger partial charge in [-0.1, -0.05) is 30.7 Å². The van der Waals surface area contributed by atoms with E-state index in [1.165, 1.54) is 11.3 Å². The lowest BCUT2D eigenvalue weighted by molar-refractivity contribution is 0.466. The number of hydrogen-bond acceptors (Lipinski definition) is 3. The van der Waals surface area contributed by atoms with E-state index < -0.39 is 0 Å². The summed E-state index contributed by atoms with van der Waals surface area (Å²) in [7, 11) is 0. The minimum Gasteiger partial charge on any atom is -0.345 e. The van der Waals surface area contributed by atoms with Gasteiger partial charge in [0.2, 0.25) is 0 Å². The molecular weight excluding hydrogens is 470 g/mol. The third-order valence-electron chi connectivity index (χ3n) is 6.11. The molecule has 0 aliphatic heterocycles. The van der Waals surface area contributed by atoms with Crippen LogP contribution >= 0.6 is 28.1 Å². The van der Waals surface area contributed by atoms with Crippen molar-refractivity contribution in [3.63, 3.8) is 0 Å². The number of aromatic nitrogens is 4. The van der Waals surface area contributed by atoms with Gasteiger partial charge in [0, 0.05) is 10.4 Å². The summed E-state index contributed by atoms with van der Waals surface area (Å²) in [4.78, 5) is 11.0. The van der Waals surface area contributed by atoms with Crippen LogP contribution in [0.2, 0.25) is 0 Å². The molecule has 0 radical (unpaired) electrons. The summed E-state index contributed by atoms with van der Waals surface area (Å²) in [6, 6.07) is 14.4. The molecule has 4 aromatic rings. The Kier molecular flexibility index (Phi) is 5.32. The molecule has 0 fully saturated rings. The Hall–Kier alpha value is -2.64. The average molecular weight is 494 g/mol. The van der Waals surface area contributed by atoms with Crippen molar-refractivity contribution < 1.29 is 0 Å². The first-order valence-corrected chi connectivity index (χ1v) is 11.7. The molecule has 2 aromatic carbocycles. The lowest BCUT2D eigenvalue weighted by Crippen LogP contribution is -2.18. The van der Waals surface area contributed by atoms with Crippen molar-refractivity contribution in [2.24, 2.45) is 5.92 Å². The van der Waals surface area contributed by atoms with Gasteiger partial charge < -0.3 is 15.3 Å². The zero-order valence-corrected chi connectivity index (χ0v) is 19.8. The Morgan fingerprint density at radius 3 is 2.87 bits per heavy atom. The van der Waals surface area contributed by atoms with Gasteiger partial charge in [-0.2, -0.15) is 0 Å². The topological polar surface area (TPSA) is 61.4 Å². The summed E-state index contributed by atoms with van der Waals surface area (Å²) in [5.74, 6) is 1.71. The van der Waals surface area contributed by atoms with E-state index in [-0.39, 0.29) is 0 Å². The van der Waals surface area contributed by atoms with Gasteiger partial charge in [0.05, 0.1) is 34.4 Å². The number of allylic oxidation sites excluding steroid dienone is 2. The number of para-hydroxylation sites is 1. The van der Waals surface area contributed by atoms with Crippen LogP contribution in [0.5, 0.6) is 0 Å². The van der Waals surface area contributed by atoms with Crippen LogP contribution in [0.3, 0.4) is 0 Å². The minimum absolute atomic E-state index is 0.346. The summed E-state index contributed by atoms with van der Waals surface area (Å²) in [5.41, 5.74) is 6.64. The number of halogens is 1. The zero-order chi connectivity index (χ0) is 21.5. The normalized spacial score (nSPS) is 18.9. The molecule has 2 atom stereocenters. The molecule has 158 valence electrons. The number of nitrogens with zero attached hydrogens (tertiary/aromatic N) is 2. The first kappa shape index (κ1) is 20.3. The molecule has 31 heavy (non-hydrogen) atoms. The molecule has 5 nitrogen and oxygen atoms in total. The first-order valence-electron chi connectivity index (χ1n) is 10.5. The van der Waals surface area contributed by atoms with E-state index >= 15 is 0 Å². The second-order valence-electron chi connectivity index (χ2n) is 8.25. The molecule has 0 saturated heterocycles. The number of nitrogens with one attached hydrogen (secondary N) is 3. The van der Waals surface area contributed by atoms with E-state index in [2.05, 4.69) is 78.9 Å². The van der Waals surface area contributed by atoms with E-state index in [9.17, 15) is 0 Å². The van der Waals surface area contributed by atoms with E-state index in [4.69, 9.17) is 12.2 Å². The molecule has 2 aromatic heterocycles. The molecule has 5 rings (SSSR count). The van der Waals surface area contributed by atoms with Crippen molar-refractivity contribution in [3.05, 3.63) is 75.4 Å². The number of hydrogen-bond donors (Lipinski definition) is 3. The number of anilines is 2. The molecule has 0 amide bonds. The van der Waals surface area contributed by atoms with Crippen molar-refractivity contribution in [1.82, 2.24) is 19.5 Å². The van der Waals surface area contributed by atoms with Gasteiger partial charge in [-0.3, -0.25) is 4.57 Å². The minimum atomic E-state index is 0.346. The van der Waals surface area contributed by atoms with Crippen molar-refractivity contribution in [1.29, 1.82) is 0 Å². The SMILES string of the molecule is CC1=CC(C)C(c2c(Nc3ccccc3Br)[nH]c(=S)n2-c2ccc3nc[nH]c3c2)CC1. The highest BCUT2D eigenvalue weighted by Gasteiger charge is 2.29. The van der Waals surface area contributed by atoms with E-state index in [0.717, 1.165) is 45.5 Å². The van der Waals surface area contributed by atoms with Gasteiger partial charge in [-0.05, 0) is 84.2 Å². The van der Waals surface area contributed by atoms with Gasteiger partial charge in [0.15, 0.2) is 4.77 Å². The van der Waals surface area contributed by atoms with Crippen LogP contribution in [0.4, 0.5) is 11.5 Å². The van der Waals surface area contributed by atoms with Crippen molar-refractivity contribution in [3.8, 4) is 5.69 Å². The maximum atomic E-state index is 5.84. The Morgan fingerprint density at radius 1 is 1.23 bits per heavy atom. The molecule has 0 bridgehead atoms. The predicted octanol–water partition coefficient (Wildman–Crippen LogP) is 7.38. The molecule has 1 aliphatic carbocycles. The monoisotopic (exact) mass is 493 g/mol. The third-order valence-corrected chi connectivity index (χ3v) is 7.09. The average Bonchev–Trinajstić information content (AvgIpc) is 3.33. The smallest absolute Gasteiger partial charge is 0.183 e. The molecule has 1 aliphatic rings. The third kappa shape index (κ3) is 3.77. The molecule has 7 heteroatoms. The largest absolute Gasteiger partial charge is 0.345 e. The van der Waals surface area contributed by atoms with Crippen LogP contribution < -0.4 is 5.32 Å². The second kappa shape index (κ2) is 8.13. The molecule has 2 unspecified atom stereocenters. The number of H-pyrrole nitrogens is 2. The van der Waals surface area contributed by atoms with Crippen LogP contribution in [0.15, 0.2) is 64.9 Å². The Morgan fingerprint density at radius 2 is 2.06 bits per heavy atom. The number of rotatable bonds is 4. The van der Waals surface area contributed by atoms with Crippen LogP contribution in [-0.2, 0) is 0 Å². The van der Waals surface area contributed by atoms with E-state index in [1.54, 1.807) is 6.33 Å². The predicted molar refractivity (Wildman–Crippen MR) is 133 cm³/mol. The molecule has 3 N–H and O–H groups in total. The van der Waals surface area contributed by atoms with Gasteiger partial charge in [0.1, 0.15) is 5.82 Å². The maximum absolute atomic E-state index is 5.84. The van der Waals surface area contributed by atoms with Gasteiger partial charge in [-0.15, -0.1) is 0 Å². The number of fused-ring (bicyclic) bond motifs is 1. The number of aromatic amines is 2. The van der Waals surface area contributed by atoms with Crippen molar-refractivity contribution in [2.75, 3.05) is 5.32 Å². The highest BCUT2D eigenvalue weighted by molar-refractivity contribution is 9.10. The first-order chi connectivity index (χ1) is 15.0. The van der Waals surface area contributed by atoms with E-state index in [0.29, 0.717) is 16.6 Å².